The molecule has 33 heavy (non-hydrogen) atoms. The third kappa shape index (κ3) is 4.72. The molecule has 3 heterocycles. The standard InChI is InChI=1S/C26H30N6O/c1-29-14-16-30(17-15-29)22-18-31(19-22)23-11-7-12-24-25(23)28-20-32(24)26(33)27-13-6-5-10-21-8-3-2-4-9-21/h2-4,7-9,11-12,20,22H,6,13-19H2,1H3,(H,27,33). The second-order valence-corrected chi connectivity index (χ2v) is 8.81. The van der Waals surface area contributed by atoms with Gasteiger partial charge in [0.15, 0.2) is 0 Å². The molecule has 0 spiro atoms. The first-order valence-electron chi connectivity index (χ1n) is 11.6. The topological polar surface area (TPSA) is 56.6 Å². The summed E-state index contributed by atoms with van der Waals surface area (Å²) in [6.45, 7) is 7.10. The molecule has 1 aromatic heterocycles. The lowest BCUT2D eigenvalue weighted by Gasteiger charge is -2.48. The lowest BCUT2D eigenvalue weighted by atomic mass is 10.0. The molecular formula is C26H30N6O. The van der Waals surface area contributed by atoms with Crippen LogP contribution >= 0.6 is 0 Å². The predicted octanol–water partition coefficient (Wildman–Crippen LogP) is 2.47. The van der Waals surface area contributed by atoms with Crippen molar-refractivity contribution >= 4 is 22.8 Å². The molecule has 0 bridgehead atoms. The summed E-state index contributed by atoms with van der Waals surface area (Å²) >= 11 is 0. The average Bonchev–Trinajstić information content (AvgIpc) is 3.25. The van der Waals surface area contributed by atoms with E-state index in [2.05, 4.69) is 50.0 Å². The van der Waals surface area contributed by atoms with Crippen molar-refractivity contribution in [2.45, 2.75) is 12.5 Å². The van der Waals surface area contributed by atoms with Crippen LogP contribution in [0.15, 0.2) is 54.9 Å². The van der Waals surface area contributed by atoms with Crippen molar-refractivity contribution in [1.82, 2.24) is 24.7 Å². The van der Waals surface area contributed by atoms with E-state index in [0.717, 1.165) is 61.6 Å². The van der Waals surface area contributed by atoms with Crippen LogP contribution in [0.5, 0.6) is 0 Å². The third-order valence-electron chi connectivity index (χ3n) is 6.56. The molecule has 7 nitrogen and oxygen atoms in total. The minimum absolute atomic E-state index is 0.171. The van der Waals surface area contributed by atoms with E-state index < -0.39 is 0 Å². The number of hydrogen-bond acceptors (Lipinski definition) is 5. The van der Waals surface area contributed by atoms with Gasteiger partial charge >= 0.3 is 6.03 Å². The fourth-order valence-electron chi connectivity index (χ4n) is 4.51. The number of rotatable bonds is 4. The zero-order valence-electron chi connectivity index (χ0n) is 19.1. The third-order valence-corrected chi connectivity index (χ3v) is 6.56. The van der Waals surface area contributed by atoms with E-state index in [-0.39, 0.29) is 6.03 Å². The van der Waals surface area contributed by atoms with Gasteiger partial charge in [-0.25, -0.2) is 9.78 Å². The fraction of sp³-hybridized carbons (Fsp3) is 0.385. The maximum absolute atomic E-state index is 12.7. The van der Waals surface area contributed by atoms with Crippen molar-refractivity contribution in [3.05, 3.63) is 60.4 Å². The number of benzene rings is 2. The molecular weight excluding hydrogens is 412 g/mol. The first-order chi connectivity index (χ1) is 16.2. The van der Waals surface area contributed by atoms with E-state index in [1.54, 1.807) is 10.9 Å². The molecule has 0 radical (unpaired) electrons. The summed E-state index contributed by atoms with van der Waals surface area (Å²) in [6, 6.07) is 16.4. The quantitative estimate of drug-likeness (QED) is 0.497. The van der Waals surface area contributed by atoms with Gasteiger partial charge in [0.05, 0.1) is 11.2 Å². The summed E-state index contributed by atoms with van der Waals surface area (Å²) in [4.78, 5) is 24.7. The van der Waals surface area contributed by atoms with E-state index in [1.165, 1.54) is 0 Å². The van der Waals surface area contributed by atoms with Crippen molar-refractivity contribution in [3.8, 4) is 11.8 Å². The van der Waals surface area contributed by atoms with Crippen molar-refractivity contribution in [2.24, 2.45) is 0 Å². The summed E-state index contributed by atoms with van der Waals surface area (Å²) in [5, 5.41) is 2.95. The molecule has 0 atom stereocenters. The fourth-order valence-corrected chi connectivity index (χ4v) is 4.51. The molecule has 1 N–H and O–H groups in total. The Balaban J connectivity index is 1.18. The number of hydrogen-bond donors (Lipinski definition) is 1. The Morgan fingerprint density at radius 2 is 1.85 bits per heavy atom. The molecule has 5 rings (SSSR count). The lowest BCUT2D eigenvalue weighted by molar-refractivity contribution is 0.0964. The Kier molecular flexibility index (Phi) is 6.29. The Morgan fingerprint density at radius 3 is 2.64 bits per heavy atom. The van der Waals surface area contributed by atoms with E-state index in [4.69, 9.17) is 0 Å². The van der Waals surface area contributed by atoms with Gasteiger partial charge in [-0.2, -0.15) is 0 Å². The number of likely N-dealkylation sites (N-methyl/N-ethyl adjacent to an activating group) is 1. The maximum atomic E-state index is 12.7. The van der Waals surface area contributed by atoms with Crippen molar-refractivity contribution in [1.29, 1.82) is 0 Å². The van der Waals surface area contributed by atoms with Gasteiger partial charge < -0.3 is 15.1 Å². The van der Waals surface area contributed by atoms with Crippen LogP contribution in [-0.4, -0.2) is 84.3 Å². The van der Waals surface area contributed by atoms with Crippen LogP contribution in [0.1, 0.15) is 12.0 Å². The molecule has 0 saturated carbocycles. The molecule has 2 aliphatic heterocycles. The average molecular weight is 443 g/mol. The first kappa shape index (κ1) is 21.5. The second kappa shape index (κ2) is 9.65. The van der Waals surface area contributed by atoms with Crippen LogP contribution in [0.25, 0.3) is 11.0 Å². The highest BCUT2D eigenvalue weighted by atomic mass is 16.2. The number of nitrogens with one attached hydrogen (secondary N) is 1. The summed E-state index contributed by atoms with van der Waals surface area (Å²) in [6.07, 6.45) is 2.22. The Morgan fingerprint density at radius 1 is 1.06 bits per heavy atom. The number of anilines is 1. The van der Waals surface area contributed by atoms with Crippen LogP contribution in [0.4, 0.5) is 10.5 Å². The monoisotopic (exact) mass is 442 g/mol. The molecule has 7 heteroatoms. The molecule has 2 aromatic carbocycles. The summed E-state index contributed by atoms with van der Waals surface area (Å²) < 4.78 is 1.60. The van der Waals surface area contributed by atoms with Gasteiger partial charge in [-0.1, -0.05) is 36.1 Å². The molecule has 0 aliphatic carbocycles. The van der Waals surface area contributed by atoms with Crippen LogP contribution in [0.3, 0.4) is 0 Å². The first-order valence-corrected chi connectivity index (χ1v) is 11.6. The number of carbonyl (C=O) groups is 1. The number of aromatic nitrogens is 2. The van der Waals surface area contributed by atoms with E-state index in [9.17, 15) is 4.79 Å². The molecule has 2 saturated heterocycles. The Bertz CT molecular complexity index is 1160. The molecule has 2 fully saturated rings. The number of nitrogens with zero attached hydrogens (tertiary/aromatic N) is 5. The van der Waals surface area contributed by atoms with Gasteiger partial charge in [-0.15, -0.1) is 0 Å². The minimum Gasteiger partial charge on any atom is -0.366 e. The number of fused-ring (bicyclic) bond motifs is 1. The van der Waals surface area contributed by atoms with Gasteiger partial charge in [0.2, 0.25) is 0 Å². The van der Waals surface area contributed by atoms with Crippen molar-refractivity contribution < 1.29 is 4.79 Å². The van der Waals surface area contributed by atoms with Crippen LogP contribution in [-0.2, 0) is 0 Å². The highest BCUT2D eigenvalue weighted by Crippen LogP contribution is 2.30. The number of amides is 1. The number of piperazine rings is 1. The van der Waals surface area contributed by atoms with Crippen LogP contribution < -0.4 is 10.2 Å². The maximum Gasteiger partial charge on any atom is 0.327 e. The highest BCUT2D eigenvalue weighted by Gasteiger charge is 2.34. The summed E-state index contributed by atoms with van der Waals surface area (Å²) in [5.41, 5.74) is 3.81. The molecule has 1 amide bonds. The van der Waals surface area contributed by atoms with Gasteiger partial charge in [0, 0.05) is 63.8 Å². The van der Waals surface area contributed by atoms with Gasteiger partial charge in [-0.05, 0) is 31.3 Å². The SMILES string of the molecule is CN1CCN(C2CN(c3cccc4c3ncn4C(=O)NCCC#Cc3ccccc3)C2)CC1. The largest absolute Gasteiger partial charge is 0.366 e. The van der Waals surface area contributed by atoms with Gasteiger partial charge in [0.25, 0.3) is 0 Å². The van der Waals surface area contributed by atoms with E-state index >= 15 is 0 Å². The molecule has 3 aromatic rings. The molecule has 170 valence electrons. The zero-order chi connectivity index (χ0) is 22.6. The normalized spacial score (nSPS) is 17.4. The second-order valence-electron chi connectivity index (χ2n) is 8.81. The van der Waals surface area contributed by atoms with Crippen molar-refractivity contribution in [2.75, 3.05) is 57.8 Å². The number of imidazole rings is 1. The summed E-state index contributed by atoms with van der Waals surface area (Å²) in [7, 11) is 2.19. The molecule has 2 aliphatic rings. The highest BCUT2D eigenvalue weighted by molar-refractivity contribution is 5.95. The number of para-hydroxylation sites is 1. The zero-order valence-corrected chi connectivity index (χ0v) is 19.1. The smallest absolute Gasteiger partial charge is 0.327 e. The van der Waals surface area contributed by atoms with Gasteiger partial charge in [0.1, 0.15) is 11.8 Å². The van der Waals surface area contributed by atoms with E-state index in [1.807, 2.05) is 42.5 Å². The van der Waals surface area contributed by atoms with Crippen molar-refractivity contribution in [3.63, 3.8) is 0 Å². The number of carbonyl (C=O) groups excluding carboxylic acids is 1. The predicted molar refractivity (Wildman–Crippen MR) is 132 cm³/mol. The van der Waals surface area contributed by atoms with Crippen LogP contribution in [0, 0.1) is 11.8 Å². The summed E-state index contributed by atoms with van der Waals surface area (Å²) in [5.74, 6) is 6.22. The molecule has 0 unspecified atom stereocenters. The van der Waals surface area contributed by atoms with Gasteiger partial charge in [-0.3, -0.25) is 9.47 Å². The van der Waals surface area contributed by atoms with Crippen LogP contribution in [0.2, 0.25) is 0 Å². The Labute approximate surface area is 195 Å². The lowest BCUT2D eigenvalue weighted by Crippen LogP contribution is -2.63. The Hall–Kier alpha value is -3.34. The van der Waals surface area contributed by atoms with E-state index in [0.29, 0.717) is 19.0 Å². The minimum atomic E-state index is -0.171.